The summed E-state index contributed by atoms with van der Waals surface area (Å²) in [7, 11) is 2.00. The van der Waals surface area contributed by atoms with Gasteiger partial charge in [0.1, 0.15) is 23.2 Å². The number of nitrogens with zero attached hydrogens (tertiary/aromatic N) is 4. The van der Waals surface area contributed by atoms with Gasteiger partial charge in [0.05, 0.1) is 17.5 Å². The Hall–Kier alpha value is -2.83. The van der Waals surface area contributed by atoms with Crippen LogP contribution >= 0.6 is 0 Å². The van der Waals surface area contributed by atoms with Crippen LogP contribution in [0.25, 0.3) is 22.3 Å². The molecule has 1 amide bonds. The van der Waals surface area contributed by atoms with Gasteiger partial charge in [0.15, 0.2) is 0 Å². The Morgan fingerprint density at radius 2 is 2.14 bits per heavy atom. The topological polar surface area (TPSA) is 74.0 Å². The average molecular weight is 379 g/mol. The molecule has 1 N–H and O–H groups in total. The highest BCUT2D eigenvalue weighted by atomic mass is 16.5. The SMILES string of the molecule is Cc1nc(-c2cc(O[C@H](C)[C@H]3CNC(=O)C3)c3c(c2)ncn3C2CC2)cn1C. The molecule has 1 aliphatic carbocycles. The Morgan fingerprint density at radius 1 is 1.32 bits per heavy atom. The van der Waals surface area contributed by atoms with Crippen LogP contribution in [0.3, 0.4) is 0 Å². The van der Waals surface area contributed by atoms with Gasteiger partial charge in [-0.25, -0.2) is 9.97 Å². The summed E-state index contributed by atoms with van der Waals surface area (Å²) in [6, 6.07) is 4.68. The van der Waals surface area contributed by atoms with E-state index in [0.29, 0.717) is 19.0 Å². The van der Waals surface area contributed by atoms with E-state index in [2.05, 4.69) is 32.0 Å². The van der Waals surface area contributed by atoms with Crippen molar-refractivity contribution in [3.05, 3.63) is 30.5 Å². The smallest absolute Gasteiger partial charge is 0.220 e. The zero-order chi connectivity index (χ0) is 19.4. The van der Waals surface area contributed by atoms with E-state index in [1.54, 1.807) is 0 Å². The Labute approximate surface area is 163 Å². The van der Waals surface area contributed by atoms with E-state index in [1.807, 2.05) is 38.0 Å². The lowest BCUT2D eigenvalue weighted by Crippen LogP contribution is -2.25. The molecule has 7 nitrogen and oxygen atoms in total. The average Bonchev–Trinajstić information content (AvgIpc) is 3.10. The Kier molecular flexibility index (Phi) is 3.92. The van der Waals surface area contributed by atoms with Crippen LogP contribution < -0.4 is 10.1 Å². The molecule has 0 unspecified atom stereocenters. The van der Waals surface area contributed by atoms with Gasteiger partial charge in [-0.15, -0.1) is 0 Å². The molecule has 0 bridgehead atoms. The number of benzene rings is 1. The highest BCUT2D eigenvalue weighted by Gasteiger charge is 2.30. The molecule has 3 heterocycles. The van der Waals surface area contributed by atoms with Crippen molar-refractivity contribution in [1.29, 1.82) is 0 Å². The number of carbonyl (C=O) groups is 1. The molecule has 7 heteroatoms. The van der Waals surface area contributed by atoms with Crippen LogP contribution in [-0.4, -0.2) is 37.7 Å². The molecule has 146 valence electrons. The highest BCUT2D eigenvalue weighted by molar-refractivity contribution is 5.87. The van der Waals surface area contributed by atoms with Gasteiger partial charge < -0.3 is 19.2 Å². The maximum atomic E-state index is 11.6. The molecule has 0 spiro atoms. The number of carbonyl (C=O) groups excluding carboxylic acids is 1. The third-order valence-corrected chi connectivity index (χ3v) is 5.96. The molecule has 1 saturated heterocycles. The van der Waals surface area contributed by atoms with E-state index in [-0.39, 0.29) is 17.9 Å². The molecule has 3 aromatic rings. The minimum Gasteiger partial charge on any atom is -0.488 e. The zero-order valence-electron chi connectivity index (χ0n) is 16.5. The van der Waals surface area contributed by atoms with E-state index >= 15 is 0 Å². The van der Waals surface area contributed by atoms with E-state index in [9.17, 15) is 4.79 Å². The minimum absolute atomic E-state index is 0.0644. The molecule has 2 atom stereocenters. The highest BCUT2D eigenvalue weighted by Crippen LogP contribution is 2.41. The summed E-state index contributed by atoms with van der Waals surface area (Å²) in [5, 5.41) is 2.91. The molecule has 1 saturated carbocycles. The molecule has 0 radical (unpaired) electrons. The molecule has 2 aromatic heterocycles. The van der Waals surface area contributed by atoms with Crippen molar-refractivity contribution < 1.29 is 9.53 Å². The predicted molar refractivity (Wildman–Crippen MR) is 106 cm³/mol. The third kappa shape index (κ3) is 2.95. The van der Waals surface area contributed by atoms with Crippen molar-refractivity contribution in [3.8, 4) is 17.0 Å². The summed E-state index contributed by atoms with van der Waals surface area (Å²) in [4.78, 5) is 20.9. The summed E-state index contributed by atoms with van der Waals surface area (Å²) < 4.78 is 10.7. The second kappa shape index (κ2) is 6.36. The van der Waals surface area contributed by atoms with Crippen LogP contribution in [0.15, 0.2) is 24.7 Å². The van der Waals surface area contributed by atoms with Crippen molar-refractivity contribution in [3.63, 3.8) is 0 Å². The molecule has 1 aromatic carbocycles. The van der Waals surface area contributed by atoms with Crippen LogP contribution in [-0.2, 0) is 11.8 Å². The lowest BCUT2D eigenvalue weighted by Gasteiger charge is -2.21. The monoisotopic (exact) mass is 379 g/mol. The minimum atomic E-state index is -0.0644. The largest absolute Gasteiger partial charge is 0.488 e. The molecule has 2 aliphatic rings. The van der Waals surface area contributed by atoms with E-state index in [0.717, 1.165) is 33.9 Å². The number of amides is 1. The van der Waals surface area contributed by atoms with Crippen molar-refractivity contribution >= 4 is 16.9 Å². The standard InChI is InChI=1S/C21H25N5O2/c1-12(15-8-20(27)22-9-15)28-19-7-14(18-10-25(3)13(2)24-18)6-17-21(19)26(11-23-17)16-4-5-16/h6-7,10-12,15-16H,4-5,8-9H2,1-3H3,(H,22,27)/t12-,15-/m1/s1. The molecule has 5 rings (SSSR count). The molecular weight excluding hydrogens is 354 g/mol. The second-order valence-electron chi connectivity index (χ2n) is 8.10. The van der Waals surface area contributed by atoms with Gasteiger partial charge in [-0.1, -0.05) is 0 Å². The number of rotatable bonds is 5. The lowest BCUT2D eigenvalue weighted by molar-refractivity contribution is -0.119. The summed E-state index contributed by atoms with van der Waals surface area (Å²) >= 11 is 0. The van der Waals surface area contributed by atoms with Gasteiger partial charge in [-0.05, 0) is 38.8 Å². The first-order valence-electron chi connectivity index (χ1n) is 9.94. The quantitative estimate of drug-likeness (QED) is 0.740. The van der Waals surface area contributed by atoms with Crippen molar-refractivity contribution in [1.82, 2.24) is 24.4 Å². The van der Waals surface area contributed by atoms with Crippen molar-refractivity contribution in [2.45, 2.75) is 45.3 Å². The Bertz CT molecular complexity index is 1040. The van der Waals surface area contributed by atoms with Gasteiger partial charge in [0, 0.05) is 43.7 Å². The fraction of sp³-hybridized carbons (Fsp3) is 0.476. The molecule has 2 fully saturated rings. The number of imidazole rings is 2. The van der Waals surface area contributed by atoms with Gasteiger partial charge in [-0.3, -0.25) is 4.79 Å². The summed E-state index contributed by atoms with van der Waals surface area (Å²) in [6.45, 7) is 4.71. The van der Waals surface area contributed by atoms with Crippen molar-refractivity contribution in [2.24, 2.45) is 13.0 Å². The normalized spacial score (nSPS) is 20.5. The first-order chi connectivity index (χ1) is 13.5. The van der Waals surface area contributed by atoms with Gasteiger partial charge in [-0.2, -0.15) is 0 Å². The van der Waals surface area contributed by atoms with E-state index in [1.165, 1.54) is 12.8 Å². The van der Waals surface area contributed by atoms with Gasteiger partial charge >= 0.3 is 0 Å². The summed E-state index contributed by atoms with van der Waals surface area (Å²) in [5.41, 5.74) is 3.89. The fourth-order valence-electron chi connectivity index (χ4n) is 3.95. The number of fused-ring (bicyclic) bond motifs is 1. The lowest BCUT2D eigenvalue weighted by atomic mass is 10.0. The number of aryl methyl sites for hydroxylation is 2. The van der Waals surface area contributed by atoms with Crippen molar-refractivity contribution in [2.75, 3.05) is 6.54 Å². The van der Waals surface area contributed by atoms with Gasteiger partial charge in [0.2, 0.25) is 5.91 Å². The van der Waals surface area contributed by atoms with Crippen LogP contribution in [0.5, 0.6) is 5.75 Å². The van der Waals surface area contributed by atoms with Crippen LogP contribution in [0.2, 0.25) is 0 Å². The first-order valence-corrected chi connectivity index (χ1v) is 9.94. The van der Waals surface area contributed by atoms with Crippen LogP contribution in [0.4, 0.5) is 0 Å². The first kappa shape index (κ1) is 17.3. The number of ether oxygens (including phenoxy) is 1. The molecule has 1 aliphatic heterocycles. The third-order valence-electron chi connectivity index (χ3n) is 5.96. The Morgan fingerprint density at radius 3 is 2.79 bits per heavy atom. The number of aromatic nitrogens is 4. The van der Waals surface area contributed by atoms with E-state index in [4.69, 9.17) is 4.74 Å². The summed E-state index contributed by atoms with van der Waals surface area (Å²) in [6.07, 6.45) is 6.77. The van der Waals surface area contributed by atoms with Crippen LogP contribution in [0, 0.1) is 12.8 Å². The van der Waals surface area contributed by atoms with Gasteiger partial charge in [0.25, 0.3) is 0 Å². The molecule has 28 heavy (non-hydrogen) atoms. The number of hydrogen-bond acceptors (Lipinski definition) is 4. The van der Waals surface area contributed by atoms with Crippen LogP contribution in [0.1, 0.15) is 38.1 Å². The summed E-state index contributed by atoms with van der Waals surface area (Å²) in [5.74, 6) is 2.07. The maximum absolute atomic E-state index is 11.6. The second-order valence-corrected chi connectivity index (χ2v) is 8.10. The Balaban J connectivity index is 1.57. The maximum Gasteiger partial charge on any atom is 0.220 e. The number of hydrogen-bond donors (Lipinski definition) is 1. The fourth-order valence-corrected chi connectivity index (χ4v) is 3.95. The van der Waals surface area contributed by atoms with E-state index < -0.39 is 0 Å². The molecular formula is C21H25N5O2. The predicted octanol–water partition coefficient (Wildman–Crippen LogP) is 2.98. The number of nitrogens with one attached hydrogen (secondary N) is 1. The zero-order valence-corrected chi connectivity index (χ0v) is 16.5.